The van der Waals surface area contributed by atoms with E-state index in [1.165, 1.54) is 6.07 Å². The lowest BCUT2D eigenvalue weighted by Crippen LogP contribution is -2.06. The van der Waals surface area contributed by atoms with Gasteiger partial charge in [-0.1, -0.05) is 0 Å². The second-order valence-corrected chi connectivity index (χ2v) is 4.52. The molecule has 102 valence electrons. The molecule has 2 aromatic rings. The summed E-state index contributed by atoms with van der Waals surface area (Å²) in [6.07, 6.45) is 0. The number of aromatic nitrogens is 2. The quantitative estimate of drug-likeness (QED) is 0.927. The number of halogens is 2. The molecule has 1 aromatic heterocycles. The van der Waals surface area contributed by atoms with Gasteiger partial charge in [-0.2, -0.15) is 5.10 Å². The Morgan fingerprint density at radius 1 is 1.32 bits per heavy atom. The van der Waals surface area contributed by atoms with Crippen molar-refractivity contribution in [2.45, 2.75) is 26.8 Å². The van der Waals surface area contributed by atoms with Crippen molar-refractivity contribution in [1.29, 1.82) is 0 Å². The van der Waals surface area contributed by atoms with E-state index in [0.29, 0.717) is 11.4 Å². The molecule has 2 rings (SSSR count). The first kappa shape index (κ1) is 13.3. The van der Waals surface area contributed by atoms with Gasteiger partial charge in [0.25, 0.3) is 0 Å². The van der Waals surface area contributed by atoms with Crippen LogP contribution in [-0.2, 0) is 0 Å². The van der Waals surface area contributed by atoms with Crippen LogP contribution in [0.3, 0.4) is 0 Å². The first-order valence-electron chi connectivity index (χ1n) is 5.87. The van der Waals surface area contributed by atoms with Crippen LogP contribution in [0.25, 0.3) is 0 Å². The van der Waals surface area contributed by atoms with Crippen LogP contribution in [0.1, 0.15) is 25.6 Å². The van der Waals surface area contributed by atoms with Gasteiger partial charge in [-0.25, -0.2) is 13.5 Å². The van der Waals surface area contributed by atoms with Crippen molar-refractivity contribution in [2.75, 3.05) is 5.73 Å². The summed E-state index contributed by atoms with van der Waals surface area (Å²) in [5.74, 6) is -1.27. The Morgan fingerprint density at radius 3 is 2.58 bits per heavy atom. The molecule has 4 nitrogen and oxygen atoms in total. The van der Waals surface area contributed by atoms with E-state index in [0.717, 1.165) is 12.1 Å². The van der Waals surface area contributed by atoms with Gasteiger partial charge in [0.2, 0.25) is 5.88 Å². The minimum absolute atomic E-state index is 0.00881. The molecule has 0 amide bonds. The lowest BCUT2D eigenvalue weighted by Gasteiger charge is -2.12. The molecule has 2 N–H and O–H groups in total. The standard InChI is InChI=1S/C13H15F2N3O/c1-7(2)18-13(12(16)8(3)17-18)19-11-5-4-9(14)6-10(11)15/h4-7H,16H2,1-3H3. The maximum absolute atomic E-state index is 13.6. The topological polar surface area (TPSA) is 53.1 Å². The van der Waals surface area contributed by atoms with Gasteiger partial charge >= 0.3 is 0 Å². The average molecular weight is 267 g/mol. The van der Waals surface area contributed by atoms with Crippen LogP contribution in [0.2, 0.25) is 0 Å². The first-order valence-corrected chi connectivity index (χ1v) is 5.87. The molecule has 0 aliphatic carbocycles. The van der Waals surface area contributed by atoms with Gasteiger partial charge < -0.3 is 10.5 Å². The van der Waals surface area contributed by atoms with Crippen molar-refractivity contribution in [3.63, 3.8) is 0 Å². The summed E-state index contributed by atoms with van der Waals surface area (Å²) in [6.45, 7) is 5.54. The lowest BCUT2D eigenvalue weighted by molar-refractivity contribution is 0.371. The third-order valence-corrected chi connectivity index (χ3v) is 2.68. The van der Waals surface area contributed by atoms with E-state index in [1.807, 2.05) is 13.8 Å². The van der Waals surface area contributed by atoms with Crippen LogP contribution in [0, 0.1) is 18.6 Å². The van der Waals surface area contributed by atoms with Crippen molar-refractivity contribution < 1.29 is 13.5 Å². The molecule has 19 heavy (non-hydrogen) atoms. The number of aryl methyl sites for hydroxylation is 1. The van der Waals surface area contributed by atoms with Gasteiger partial charge in [0.15, 0.2) is 11.6 Å². The summed E-state index contributed by atoms with van der Waals surface area (Å²) < 4.78 is 33.4. The zero-order valence-corrected chi connectivity index (χ0v) is 10.9. The number of nitrogens with zero attached hydrogens (tertiary/aromatic N) is 2. The van der Waals surface area contributed by atoms with Crippen LogP contribution in [0.4, 0.5) is 14.5 Å². The number of anilines is 1. The molecule has 1 heterocycles. The van der Waals surface area contributed by atoms with Crippen molar-refractivity contribution in [2.24, 2.45) is 0 Å². The molecule has 0 saturated heterocycles. The zero-order valence-electron chi connectivity index (χ0n) is 10.9. The Kier molecular flexibility index (Phi) is 3.42. The molecule has 0 radical (unpaired) electrons. The lowest BCUT2D eigenvalue weighted by atomic mass is 10.3. The van der Waals surface area contributed by atoms with Gasteiger partial charge in [-0.05, 0) is 32.9 Å². The highest BCUT2D eigenvalue weighted by atomic mass is 19.1. The minimum Gasteiger partial charge on any atom is -0.434 e. The smallest absolute Gasteiger partial charge is 0.241 e. The molecule has 0 saturated carbocycles. The molecule has 0 bridgehead atoms. The molecular weight excluding hydrogens is 252 g/mol. The Hall–Kier alpha value is -2.11. The summed E-state index contributed by atoms with van der Waals surface area (Å²) in [5.41, 5.74) is 6.81. The predicted molar refractivity (Wildman–Crippen MR) is 68.2 cm³/mol. The Morgan fingerprint density at radius 2 is 2.00 bits per heavy atom. The fourth-order valence-corrected chi connectivity index (χ4v) is 1.65. The van der Waals surface area contributed by atoms with Gasteiger partial charge in [-0.15, -0.1) is 0 Å². The normalized spacial score (nSPS) is 11.1. The highest BCUT2D eigenvalue weighted by molar-refractivity contribution is 5.54. The number of hydrogen-bond donors (Lipinski definition) is 1. The molecule has 0 atom stereocenters. The van der Waals surface area contributed by atoms with Crippen LogP contribution >= 0.6 is 0 Å². The minimum atomic E-state index is -0.784. The van der Waals surface area contributed by atoms with Crippen molar-refractivity contribution in [1.82, 2.24) is 9.78 Å². The molecule has 0 unspecified atom stereocenters. The van der Waals surface area contributed by atoms with E-state index >= 15 is 0 Å². The van der Waals surface area contributed by atoms with Gasteiger partial charge in [0.1, 0.15) is 11.5 Å². The summed E-state index contributed by atoms with van der Waals surface area (Å²) in [4.78, 5) is 0. The number of ether oxygens (including phenoxy) is 1. The Bertz CT molecular complexity index is 608. The van der Waals surface area contributed by atoms with Crippen molar-refractivity contribution in [3.8, 4) is 11.6 Å². The Balaban J connectivity index is 2.43. The molecule has 6 heteroatoms. The maximum Gasteiger partial charge on any atom is 0.241 e. The van der Waals surface area contributed by atoms with Crippen molar-refractivity contribution in [3.05, 3.63) is 35.5 Å². The van der Waals surface area contributed by atoms with Crippen LogP contribution in [0.15, 0.2) is 18.2 Å². The highest BCUT2D eigenvalue weighted by Crippen LogP contribution is 2.33. The number of hydrogen-bond acceptors (Lipinski definition) is 3. The van der Waals surface area contributed by atoms with Gasteiger partial charge in [0, 0.05) is 6.07 Å². The molecule has 0 spiro atoms. The average Bonchev–Trinajstić information content (AvgIpc) is 2.61. The second kappa shape index (κ2) is 4.87. The summed E-state index contributed by atoms with van der Waals surface area (Å²) in [6, 6.07) is 3.11. The summed E-state index contributed by atoms with van der Waals surface area (Å²) in [5, 5.41) is 4.22. The summed E-state index contributed by atoms with van der Waals surface area (Å²) in [7, 11) is 0. The highest BCUT2D eigenvalue weighted by Gasteiger charge is 2.18. The molecule has 1 aromatic carbocycles. The molecule has 0 aliphatic rings. The predicted octanol–water partition coefficient (Wildman–Crippen LogP) is 3.43. The second-order valence-electron chi connectivity index (χ2n) is 4.52. The maximum atomic E-state index is 13.6. The molecular formula is C13H15F2N3O. The van der Waals surface area contributed by atoms with E-state index in [1.54, 1.807) is 11.6 Å². The SMILES string of the molecule is Cc1nn(C(C)C)c(Oc2ccc(F)cc2F)c1N. The van der Waals surface area contributed by atoms with E-state index in [2.05, 4.69) is 5.10 Å². The Labute approximate surface area is 109 Å². The fraction of sp³-hybridized carbons (Fsp3) is 0.308. The van der Waals surface area contributed by atoms with Crippen molar-refractivity contribution >= 4 is 5.69 Å². The number of nitrogens with two attached hydrogens (primary N) is 1. The largest absolute Gasteiger partial charge is 0.434 e. The van der Waals surface area contributed by atoms with Crippen LogP contribution in [-0.4, -0.2) is 9.78 Å². The fourth-order valence-electron chi connectivity index (χ4n) is 1.65. The number of nitrogen functional groups attached to an aromatic ring is 1. The van der Waals surface area contributed by atoms with E-state index < -0.39 is 11.6 Å². The van der Waals surface area contributed by atoms with E-state index in [-0.39, 0.29) is 17.7 Å². The number of rotatable bonds is 3. The summed E-state index contributed by atoms with van der Waals surface area (Å²) >= 11 is 0. The van der Waals surface area contributed by atoms with E-state index in [4.69, 9.17) is 10.5 Å². The molecule has 0 fully saturated rings. The van der Waals surface area contributed by atoms with E-state index in [9.17, 15) is 8.78 Å². The zero-order chi connectivity index (χ0) is 14.2. The van der Waals surface area contributed by atoms with Crippen LogP contribution in [0.5, 0.6) is 11.6 Å². The monoisotopic (exact) mass is 267 g/mol. The van der Waals surface area contributed by atoms with Gasteiger partial charge in [0.05, 0.1) is 11.7 Å². The third kappa shape index (κ3) is 2.52. The molecule has 0 aliphatic heterocycles. The van der Waals surface area contributed by atoms with Gasteiger partial charge in [-0.3, -0.25) is 0 Å². The van der Waals surface area contributed by atoms with Crippen LogP contribution < -0.4 is 10.5 Å². The third-order valence-electron chi connectivity index (χ3n) is 2.68. The number of benzene rings is 1. The first-order chi connectivity index (χ1) is 8.90.